The van der Waals surface area contributed by atoms with Crippen LogP contribution in [0.25, 0.3) is 0 Å². The van der Waals surface area contributed by atoms with Crippen molar-refractivity contribution in [3.8, 4) is 0 Å². The number of hydrogen-bond donors (Lipinski definition) is 0. The average molecular weight is 213 g/mol. The van der Waals surface area contributed by atoms with Gasteiger partial charge in [-0.05, 0) is 6.92 Å². The van der Waals surface area contributed by atoms with Crippen molar-refractivity contribution in [2.24, 2.45) is 0 Å². The van der Waals surface area contributed by atoms with Crippen LogP contribution in [0.3, 0.4) is 0 Å². The summed E-state index contributed by atoms with van der Waals surface area (Å²) in [7, 11) is 0. The second-order valence-electron chi connectivity index (χ2n) is 2.98. The number of hydrogen-bond acceptors (Lipinski definition) is 4. The molecule has 2 heterocycles. The molecule has 0 bridgehead atoms. The summed E-state index contributed by atoms with van der Waals surface area (Å²) in [6, 6.07) is 1.86. The molecule has 2 aromatic rings. The van der Waals surface area contributed by atoms with Gasteiger partial charge in [0.2, 0.25) is 0 Å². The monoisotopic (exact) mass is 212 g/mol. The van der Waals surface area contributed by atoms with E-state index in [4.69, 9.17) is 16.1 Å². The lowest BCUT2D eigenvalue weighted by Gasteiger charge is -1.92. The fourth-order valence-electron chi connectivity index (χ4n) is 1.13. The molecule has 0 saturated heterocycles. The number of aryl methyl sites for hydroxylation is 1. The number of halogens is 1. The maximum atomic E-state index is 5.60. The molecular weight excluding hydrogens is 204 g/mol. The van der Waals surface area contributed by atoms with Gasteiger partial charge in [0.25, 0.3) is 0 Å². The van der Waals surface area contributed by atoms with Gasteiger partial charge >= 0.3 is 0 Å². The van der Waals surface area contributed by atoms with Crippen LogP contribution >= 0.6 is 11.6 Å². The molecule has 0 aliphatic carbocycles. The number of nitrogens with zero attached hydrogens (tertiary/aromatic N) is 4. The third-order valence-corrected chi connectivity index (χ3v) is 1.99. The molecule has 0 atom stereocenters. The lowest BCUT2D eigenvalue weighted by Crippen LogP contribution is -1.98. The lowest BCUT2D eigenvalue weighted by atomic mass is 10.4. The van der Waals surface area contributed by atoms with Crippen molar-refractivity contribution in [2.75, 3.05) is 0 Å². The highest BCUT2D eigenvalue weighted by atomic mass is 35.5. The van der Waals surface area contributed by atoms with Crippen LogP contribution in [-0.4, -0.2) is 20.2 Å². The fraction of sp³-hybridized carbons (Fsp3) is 0.375. The fourth-order valence-corrected chi connectivity index (χ4v) is 1.25. The molecule has 74 valence electrons. The maximum absolute atomic E-state index is 5.60. The van der Waals surface area contributed by atoms with E-state index in [1.54, 1.807) is 10.9 Å². The standard InChI is InChI=1S/C8H9ClN4O/c1-6-2-8(14-11-6)5-13-4-7(3-9)10-12-13/h2,4H,3,5H2,1H3. The molecule has 0 aliphatic heterocycles. The Balaban J connectivity index is 2.10. The Morgan fingerprint density at radius 2 is 2.43 bits per heavy atom. The van der Waals surface area contributed by atoms with E-state index in [0.29, 0.717) is 12.4 Å². The van der Waals surface area contributed by atoms with E-state index in [1.165, 1.54) is 0 Å². The number of rotatable bonds is 3. The minimum atomic E-state index is 0.370. The topological polar surface area (TPSA) is 56.7 Å². The van der Waals surface area contributed by atoms with Gasteiger partial charge in [0.15, 0.2) is 5.76 Å². The van der Waals surface area contributed by atoms with Crippen LogP contribution in [-0.2, 0) is 12.4 Å². The molecule has 0 amide bonds. The van der Waals surface area contributed by atoms with Crippen LogP contribution in [0.15, 0.2) is 16.8 Å². The molecule has 14 heavy (non-hydrogen) atoms. The first kappa shape index (κ1) is 9.21. The molecule has 0 saturated carbocycles. The largest absolute Gasteiger partial charge is 0.359 e. The molecule has 0 aliphatic rings. The van der Waals surface area contributed by atoms with Gasteiger partial charge in [-0.25, -0.2) is 4.68 Å². The van der Waals surface area contributed by atoms with Crippen LogP contribution in [0.4, 0.5) is 0 Å². The van der Waals surface area contributed by atoms with E-state index < -0.39 is 0 Å². The second kappa shape index (κ2) is 3.79. The predicted octanol–water partition coefficient (Wildman–Crippen LogP) is 1.36. The summed E-state index contributed by atoms with van der Waals surface area (Å²) >= 11 is 5.60. The summed E-state index contributed by atoms with van der Waals surface area (Å²) in [6.45, 7) is 2.41. The highest BCUT2D eigenvalue weighted by Gasteiger charge is 2.04. The van der Waals surface area contributed by atoms with Gasteiger partial charge in [-0.15, -0.1) is 16.7 Å². The average Bonchev–Trinajstić information content (AvgIpc) is 2.76. The zero-order valence-electron chi connectivity index (χ0n) is 7.64. The van der Waals surface area contributed by atoms with E-state index in [9.17, 15) is 0 Å². The quantitative estimate of drug-likeness (QED) is 0.721. The van der Waals surface area contributed by atoms with E-state index >= 15 is 0 Å². The summed E-state index contributed by atoms with van der Waals surface area (Å²) in [6.07, 6.45) is 1.78. The molecule has 5 nitrogen and oxygen atoms in total. The van der Waals surface area contributed by atoms with Gasteiger partial charge in [0.1, 0.15) is 6.54 Å². The summed E-state index contributed by atoms with van der Waals surface area (Å²) in [5, 5.41) is 11.5. The smallest absolute Gasteiger partial charge is 0.158 e. The normalized spacial score (nSPS) is 10.7. The SMILES string of the molecule is Cc1cc(Cn2cc(CCl)nn2)on1. The Morgan fingerprint density at radius 3 is 3.00 bits per heavy atom. The van der Waals surface area contributed by atoms with Crippen molar-refractivity contribution in [3.63, 3.8) is 0 Å². The molecule has 0 aromatic carbocycles. The first-order chi connectivity index (χ1) is 6.78. The first-order valence-corrected chi connectivity index (χ1v) is 4.68. The first-order valence-electron chi connectivity index (χ1n) is 4.15. The van der Waals surface area contributed by atoms with Crippen LogP contribution < -0.4 is 0 Å². The highest BCUT2D eigenvalue weighted by Crippen LogP contribution is 2.05. The highest BCUT2D eigenvalue weighted by molar-refractivity contribution is 6.16. The molecule has 0 radical (unpaired) electrons. The van der Waals surface area contributed by atoms with Crippen molar-refractivity contribution < 1.29 is 4.52 Å². The Bertz CT molecular complexity index is 422. The Kier molecular flexibility index (Phi) is 2.49. The van der Waals surface area contributed by atoms with E-state index in [0.717, 1.165) is 17.1 Å². The van der Waals surface area contributed by atoms with Gasteiger partial charge in [-0.1, -0.05) is 10.4 Å². The maximum Gasteiger partial charge on any atom is 0.158 e. The van der Waals surface area contributed by atoms with Gasteiger partial charge in [-0.3, -0.25) is 0 Å². The van der Waals surface area contributed by atoms with Crippen molar-refractivity contribution in [1.82, 2.24) is 20.2 Å². The summed E-state index contributed by atoms with van der Waals surface area (Å²) in [4.78, 5) is 0. The van der Waals surface area contributed by atoms with Crippen molar-refractivity contribution in [2.45, 2.75) is 19.3 Å². The van der Waals surface area contributed by atoms with Crippen molar-refractivity contribution >= 4 is 11.6 Å². The van der Waals surface area contributed by atoms with Crippen LogP contribution in [0.2, 0.25) is 0 Å². The van der Waals surface area contributed by atoms with E-state index in [-0.39, 0.29) is 0 Å². The summed E-state index contributed by atoms with van der Waals surface area (Å²) < 4.78 is 6.70. The van der Waals surface area contributed by atoms with Crippen molar-refractivity contribution in [1.29, 1.82) is 0 Å². The lowest BCUT2D eigenvalue weighted by molar-refractivity contribution is 0.367. The molecule has 0 unspecified atom stereocenters. The van der Waals surface area contributed by atoms with E-state index in [1.807, 2.05) is 13.0 Å². The molecular formula is C8H9ClN4O. The van der Waals surface area contributed by atoms with Crippen LogP contribution in [0, 0.1) is 6.92 Å². The molecule has 2 rings (SSSR count). The molecule has 6 heteroatoms. The third-order valence-electron chi connectivity index (χ3n) is 1.72. The minimum absolute atomic E-state index is 0.370. The van der Waals surface area contributed by atoms with Crippen LogP contribution in [0.1, 0.15) is 17.1 Å². The molecule has 2 aromatic heterocycles. The Morgan fingerprint density at radius 1 is 1.57 bits per heavy atom. The van der Waals surface area contributed by atoms with Gasteiger partial charge in [0.05, 0.1) is 23.5 Å². The zero-order chi connectivity index (χ0) is 9.97. The summed E-state index contributed by atoms with van der Waals surface area (Å²) in [5.74, 6) is 1.13. The van der Waals surface area contributed by atoms with Gasteiger partial charge < -0.3 is 4.52 Å². The van der Waals surface area contributed by atoms with Gasteiger partial charge in [0, 0.05) is 6.07 Å². The molecule has 0 fully saturated rings. The zero-order valence-corrected chi connectivity index (χ0v) is 8.40. The van der Waals surface area contributed by atoms with Crippen molar-refractivity contribution in [3.05, 3.63) is 29.4 Å². The predicted molar refractivity (Wildman–Crippen MR) is 49.9 cm³/mol. The van der Waals surface area contributed by atoms with E-state index in [2.05, 4.69) is 15.5 Å². The Hall–Kier alpha value is -1.36. The third kappa shape index (κ3) is 1.93. The number of aromatic nitrogens is 4. The van der Waals surface area contributed by atoms with Gasteiger partial charge in [-0.2, -0.15) is 0 Å². The summed E-state index contributed by atoms with van der Waals surface area (Å²) in [5.41, 5.74) is 1.61. The van der Waals surface area contributed by atoms with Crippen LogP contribution in [0.5, 0.6) is 0 Å². The Labute approximate surface area is 85.6 Å². The minimum Gasteiger partial charge on any atom is -0.359 e. The molecule has 0 spiro atoms. The molecule has 0 N–H and O–H groups in total. The number of alkyl halides is 1. The second-order valence-corrected chi connectivity index (χ2v) is 3.24.